The maximum Gasteiger partial charge on any atom is 0.310 e. The van der Waals surface area contributed by atoms with E-state index < -0.39 is 0 Å². The van der Waals surface area contributed by atoms with Crippen LogP contribution in [0.2, 0.25) is 0 Å². The lowest BCUT2D eigenvalue weighted by Gasteiger charge is -2.09. The van der Waals surface area contributed by atoms with Gasteiger partial charge < -0.3 is 10.5 Å². The smallest absolute Gasteiger partial charge is 0.310 e. The van der Waals surface area contributed by atoms with Crippen molar-refractivity contribution >= 4 is 5.97 Å². The number of nitrogens with zero attached hydrogens (tertiary/aromatic N) is 4. The molecule has 0 saturated carbocycles. The van der Waals surface area contributed by atoms with E-state index in [2.05, 4.69) is 10.2 Å². The highest BCUT2D eigenvalue weighted by Crippen LogP contribution is 2.11. The van der Waals surface area contributed by atoms with Crippen LogP contribution in [-0.4, -0.2) is 38.7 Å². The number of ether oxygens (including phenoxy) is 1. The third kappa shape index (κ3) is 5.87. The van der Waals surface area contributed by atoms with Crippen LogP contribution in [0.1, 0.15) is 30.7 Å². The Kier molecular flexibility index (Phi) is 7.13. The number of benzene rings is 1. The number of hydrogen-bond donors (Lipinski definition) is 1. The minimum Gasteiger partial charge on any atom is -0.465 e. The molecule has 2 N–H and O–H groups in total. The van der Waals surface area contributed by atoms with Gasteiger partial charge in [0.25, 0.3) is 0 Å². The first-order valence-electron chi connectivity index (χ1n) is 10.00. The quantitative estimate of drug-likeness (QED) is 0.540. The van der Waals surface area contributed by atoms with Gasteiger partial charge in [-0.2, -0.15) is 10.2 Å². The van der Waals surface area contributed by atoms with Crippen LogP contribution in [0.15, 0.2) is 53.7 Å². The zero-order valence-electron chi connectivity index (χ0n) is 17.3. The standard InChI is InChI=1S/C22H27N5O3/c1-16(2)15-30-22(29)12-18-5-3-4-17(10-18)11-20-21(28)6-8-27(25-20)19-13-24-26(14-19)9-7-23/h3-6,8,10,13-14,16H,7,9,11-12,15,23H2,1-2H3. The summed E-state index contributed by atoms with van der Waals surface area (Å²) in [5.74, 6) is 0.0459. The lowest BCUT2D eigenvalue weighted by molar-refractivity contribution is -0.143. The fraction of sp³-hybridized carbons (Fsp3) is 0.364. The van der Waals surface area contributed by atoms with Gasteiger partial charge in [-0.25, -0.2) is 4.68 Å². The molecule has 0 amide bonds. The van der Waals surface area contributed by atoms with Crippen molar-refractivity contribution in [1.82, 2.24) is 19.6 Å². The van der Waals surface area contributed by atoms with Crippen LogP contribution in [0.4, 0.5) is 0 Å². The lowest BCUT2D eigenvalue weighted by atomic mass is 10.0. The molecule has 3 aromatic rings. The SMILES string of the molecule is CC(C)COC(=O)Cc1cccc(Cc2nn(-c3cnn(CCN)c3)ccc2=O)c1. The molecule has 0 bridgehead atoms. The molecule has 0 atom stereocenters. The second-order valence-corrected chi connectivity index (χ2v) is 7.57. The van der Waals surface area contributed by atoms with Crippen LogP contribution in [-0.2, 0) is 28.9 Å². The predicted molar refractivity (Wildman–Crippen MR) is 113 cm³/mol. The molecular formula is C22H27N5O3. The number of hydrogen-bond acceptors (Lipinski definition) is 6. The lowest BCUT2D eigenvalue weighted by Crippen LogP contribution is -2.16. The summed E-state index contributed by atoms with van der Waals surface area (Å²) in [4.78, 5) is 24.3. The molecule has 3 rings (SSSR count). The second-order valence-electron chi connectivity index (χ2n) is 7.57. The van der Waals surface area contributed by atoms with Gasteiger partial charge in [0, 0.05) is 25.2 Å². The van der Waals surface area contributed by atoms with E-state index in [9.17, 15) is 9.59 Å². The van der Waals surface area contributed by atoms with E-state index in [1.807, 2.05) is 44.3 Å². The van der Waals surface area contributed by atoms with Crippen LogP contribution >= 0.6 is 0 Å². The van der Waals surface area contributed by atoms with E-state index in [4.69, 9.17) is 10.5 Å². The van der Waals surface area contributed by atoms with Crippen LogP contribution in [0, 0.1) is 5.92 Å². The van der Waals surface area contributed by atoms with Gasteiger partial charge in [-0.15, -0.1) is 0 Å². The molecule has 158 valence electrons. The third-order valence-corrected chi connectivity index (χ3v) is 4.41. The monoisotopic (exact) mass is 409 g/mol. The van der Waals surface area contributed by atoms with Crippen molar-refractivity contribution in [3.63, 3.8) is 0 Å². The van der Waals surface area contributed by atoms with Gasteiger partial charge in [-0.3, -0.25) is 14.3 Å². The Morgan fingerprint density at radius 1 is 1.23 bits per heavy atom. The minimum atomic E-state index is -0.254. The van der Waals surface area contributed by atoms with Crippen molar-refractivity contribution < 1.29 is 9.53 Å². The Morgan fingerprint density at radius 2 is 2.03 bits per heavy atom. The Morgan fingerprint density at radius 3 is 2.80 bits per heavy atom. The van der Waals surface area contributed by atoms with Gasteiger partial charge in [0.05, 0.1) is 32.0 Å². The normalized spacial score (nSPS) is 11.1. The van der Waals surface area contributed by atoms with Gasteiger partial charge in [0.1, 0.15) is 11.4 Å². The summed E-state index contributed by atoms with van der Waals surface area (Å²) in [5.41, 5.74) is 8.35. The minimum absolute atomic E-state index is 0.137. The molecule has 30 heavy (non-hydrogen) atoms. The number of carbonyl (C=O) groups is 1. The van der Waals surface area contributed by atoms with Crippen molar-refractivity contribution in [2.24, 2.45) is 11.7 Å². The molecule has 8 heteroatoms. The molecule has 0 aliphatic heterocycles. The number of nitrogens with two attached hydrogens (primary N) is 1. The summed E-state index contributed by atoms with van der Waals surface area (Å²) in [6, 6.07) is 9.08. The first kappa shape index (κ1) is 21.4. The summed E-state index contributed by atoms with van der Waals surface area (Å²) >= 11 is 0. The highest BCUT2D eigenvalue weighted by molar-refractivity contribution is 5.72. The Balaban J connectivity index is 1.74. The van der Waals surface area contributed by atoms with Gasteiger partial charge in [-0.1, -0.05) is 38.1 Å². The number of carbonyl (C=O) groups excluding carboxylic acids is 1. The van der Waals surface area contributed by atoms with Gasteiger partial charge in [-0.05, 0) is 17.0 Å². The first-order chi connectivity index (χ1) is 14.4. The van der Waals surface area contributed by atoms with Crippen LogP contribution in [0.3, 0.4) is 0 Å². The Labute approximate surface area is 175 Å². The van der Waals surface area contributed by atoms with Gasteiger partial charge in [0.2, 0.25) is 5.43 Å². The highest BCUT2D eigenvalue weighted by Gasteiger charge is 2.10. The summed E-state index contributed by atoms with van der Waals surface area (Å²) in [6.45, 7) is 5.51. The molecule has 8 nitrogen and oxygen atoms in total. The molecule has 0 unspecified atom stereocenters. The van der Waals surface area contributed by atoms with Gasteiger partial charge in [0.15, 0.2) is 0 Å². The summed E-state index contributed by atoms with van der Waals surface area (Å²) in [7, 11) is 0. The van der Waals surface area contributed by atoms with E-state index in [0.717, 1.165) is 16.8 Å². The van der Waals surface area contributed by atoms with Crippen molar-refractivity contribution in [2.45, 2.75) is 33.2 Å². The maximum atomic E-state index is 12.3. The topological polar surface area (TPSA) is 105 Å². The molecule has 0 saturated heterocycles. The van der Waals surface area contributed by atoms with E-state index >= 15 is 0 Å². The third-order valence-electron chi connectivity index (χ3n) is 4.41. The summed E-state index contributed by atoms with van der Waals surface area (Å²) in [6.07, 6.45) is 5.70. The molecule has 2 heterocycles. The maximum absolute atomic E-state index is 12.3. The van der Waals surface area contributed by atoms with Crippen molar-refractivity contribution in [3.05, 3.63) is 76.0 Å². The van der Waals surface area contributed by atoms with E-state index in [-0.39, 0.29) is 17.8 Å². The first-order valence-corrected chi connectivity index (χ1v) is 10.00. The predicted octanol–water partition coefficient (Wildman–Crippen LogP) is 1.72. The molecule has 1 aromatic carbocycles. The van der Waals surface area contributed by atoms with E-state index in [1.165, 1.54) is 6.07 Å². The van der Waals surface area contributed by atoms with Gasteiger partial charge >= 0.3 is 5.97 Å². The molecule has 0 fully saturated rings. The fourth-order valence-corrected chi connectivity index (χ4v) is 2.96. The average Bonchev–Trinajstić information content (AvgIpc) is 3.17. The van der Waals surface area contributed by atoms with Crippen molar-refractivity contribution in [2.75, 3.05) is 13.2 Å². The molecule has 0 radical (unpaired) electrons. The Bertz CT molecular complexity index is 1050. The molecule has 0 aliphatic rings. The zero-order chi connectivity index (χ0) is 21.5. The average molecular weight is 409 g/mol. The molecule has 0 spiro atoms. The molecule has 2 aromatic heterocycles. The van der Waals surface area contributed by atoms with Crippen LogP contribution in [0.5, 0.6) is 0 Å². The number of esters is 1. The number of aromatic nitrogens is 4. The number of rotatable bonds is 9. The van der Waals surface area contributed by atoms with Crippen molar-refractivity contribution in [3.8, 4) is 5.69 Å². The summed E-state index contributed by atoms with van der Waals surface area (Å²) in [5, 5.41) is 8.72. The Hall–Kier alpha value is -3.26. The van der Waals surface area contributed by atoms with Crippen molar-refractivity contribution in [1.29, 1.82) is 0 Å². The second kappa shape index (κ2) is 9.98. The van der Waals surface area contributed by atoms with E-state index in [0.29, 0.717) is 37.7 Å². The highest BCUT2D eigenvalue weighted by atomic mass is 16.5. The largest absolute Gasteiger partial charge is 0.465 e. The molecular weight excluding hydrogens is 382 g/mol. The van der Waals surface area contributed by atoms with Crippen LogP contribution < -0.4 is 11.2 Å². The fourth-order valence-electron chi connectivity index (χ4n) is 2.96. The van der Waals surface area contributed by atoms with Crippen LogP contribution in [0.25, 0.3) is 5.69 Å². The van der Waals surface area contributed by atoms with E-state index in [1.54, 1.807) is 21.8 Å². The molecule has 0 aliphatic carbocycles. The summed E-state index contributed by atoms with van der Waals surface area (Å²) < 4.78 is 8.61. The zero-order valence-corrected chi connectivity index (χ0v) is 17.3.